The summed E-state index contributed by atoms with van der Waals surface area (Å²) >= 11 is 0. The number of rotatable bonds is 6. The molecule has 3 aliphatic heterocycles. The Morgan fingerprint density at radius 3 is 2.46 bits per heavy atom. The van der Waals surface area contributed by atoms with Crippen molar-refractivity contribution in [1.82, 2.24) is 14.1 Å². The Labute approximate surface area is 206 Å². The van der Waals surface area contributed by atoms with E-state index in [9.17, 15) is 13.2 Å². The van der Waals surface area contributed by atoms with Crippen LogP contribution in [0, 0.1) is 0 Å². The number of ether oxygens (including phenoxy) is 2. The topological polar surface area (TPSA) is 79.4 Å². The molecule has 8 nitrogen and oxygen atoms in total. The van der Waals surface area contributed by atoms with Crippen molar-refractivity contribution in [2.45, 2.75) is 18.9 Å². The molecule has 2 aromatic rings. The Morgan fingerprint density at radius 2 is 1.69 bits per heavy atom. The van der Waals surface area contributed by atoms with Crippen molar-refractivity contribution in [1.29, 1.82) is 0 Å². The van der Waals surface area contributed by atoms with Gasteiger partial charge in [-0.05, 0) is 48.7 Å². The van der Waals surface area contributed by atoms with Crippen LogP contribution in [0.5, 0.6) is 11.5 Å². The van der Waals surface area contributed by atoms with Crippen LogP contribution in [0.15, 0.2) is 53.9 Å². The van der Waals surface area contributed by atoms with Gasteiger partial charge in [-0.1, -0.05) is 36.4 Å². The zero-order valence-corrected chi connectivity index (χ0v) is 20.5. The van der Waals surface area contributed by atoms with Gasteiger partial charge < -0.3 is 14.4 Å². The minimum absolute atomic E-state index is 0.0475. The molecule has 1 atom stereocenters. The standard InChI is InChI=1S/C26H31N3O5S/c30-26(20-28-11-4-7-23(28)22-8-9-24-25(19-22)34-17-16-33-24)27-12-14-29(15-13-27)35(31,32)18-10-21-5-2-1-3-6-21/h1-3,5-6,8-10,18-19,23H,4,7,11-17,20H2. The third kappa shape index (κ3) is 5.52. The number of hydrogen-bond acceptors (Lipinski definition) is 6. The van der Waals surface area contributed by atoms with Crippen LogP contribution in [0.4, 0.5) is 0 Å². The molecule has 186 valence electrons. The van der Waals surface area contributed by atoms with E-state index in [0.29, 0.717) is 45.9 Å². The monoisotopic (exact) mass is 497 g/mol. The largest absolute Gasteiger partial charge is 0.486 e. The first-order chi connectivity index (χ1) is 17.0. The van der Waals surface area contributed by atoms with Crippen molar-refractivity contribution in [3.63, 3.8) is 0 Å². The number of nitrogens with zero attached hydrogens (tertiary/aromatic N) is 3. The summed E-state index contributed by atoms with van der Waals surface area (Å²) in [6.45, 7) is 3.72. The summed E-state index contributed by atoms with van der Waals surface area (Å²) in [5.41, 5.74) is 1.98. The van der Waals surface area contributed by atoms with Crippen LogP contribution in [0.3, 0.4) is 0 Å². The van der Waals surface area contributed by atoms with Gasteiger partial charge in [0.05, 0.1) is 6.54 Å². The van der Waals surface area contributed by atoms with Gasteiger partial charge in [-0.15, -0.1) is 0 Å². The van der Waals surface area contributed by atoms with Crippen LogP contribution in [-0.4, -0.2) is 80.9 Å². The number of benzene rings is 2. The maximum atomic E-state index is 13.1. The van der Waals surface area contributed by atoms with Crippen LogP contribution in [-0.2, 0) is 14.8 Å². The fourth-order valence-corrected chi connectivity index (χ4v) is 6.11. The summed E-state index contributed by atoms with van der Waals surface area (Å²) in [5, 5.41) is 1.25. The highest BCUT2D eigenvalue weighted by atomic mass is 32.2. The molecule has 0 saturated carbocycles. The third-order valence-corrected chi connectivity index (χ3v) is 8.40. The zero-order valence-electron chi connectivity index (χ0n) is 19.7. The van der Waals surface area contributed by atoms with Crippen molar-refractivity contribution in [2.75, 3.05) is 52.5 Å². The van der Waals surface area contributed by atoms with E-state index in [-0.39, 0.29) is 11.9 Å². The van der Waals surface area contributed by atoms with Gasteiger partial charge in [-0.25, -0.2) is 8.42 Å². The Bertz CT molecular complexity index is 1180. The van der Waals surface area contributed by atoms with Gasteiger partial charge in [-0.2, -0.15) is 4.31 Å². The van der Waals surface area contributed by atoms with E-state index >= 15 is 0 Å². The molecule has 1 unspecified atom stereocenters. The second-order valence-corrected chi connectivity index (χ2v) is 10.9. The first kappa shape index (κ1) is 23.8. The lowest BCUT2D eigenvalue weighted by molar-refractivity contribution is -0.133. The number of sulfonamides is 1. The maximum Gasteiger partial charge on any atom is 0.236 e. The van der Waals surface area contributed by atoms with Crippen LogP contribution >= 0.6 is 0 Å². The molecule has 3 aliphatic rings. The molecule has 5 rings (SSSR count). The summed E-state index contributed by atoms with van der Waals surface area (Å²) in [6.07, 6.45) is 3.64. The van der Waals surface area contributed by atoms with E-state index in [4.69, 9.17) is 9.47 Å². The molecule has 2 saturated heterocycles. The summed E-state index contributed by atoms with van der Waals surface area (Å²) < 4.78 is 38.3. The lowest BCUT2D eigenvalue weighted by Crippen LogP contribution is -2.52. The second-order valence-electron chi connectivity index (χ2n) is 9.07. The molecule has 0 N–H and O–H groups in total. The van der Waals surface area contributed by atoms with Crippen molar-refractivity contribution in [3.8, 4) is 11.5 Å². The molecule has 0 spiro atoms. The quantitative estimate of drug-likeness (QED) is 0.611. The van der Waals surface area contributed by atoms with Gasteiger partial charge in [0, 0.05) is 37.6 Å². The molecule has 1 amide bonds. The zero-order chi connectivity index (χ0) is 24.3. The van der Waals surface area contributed by atoms with Crippen molar-refractivity contribution >= 4 is 22.0 Å². The summed E-state index contributed by atoms with van der Waals surface area (Å²) in [4.78, 5) is 17.1. The third-order valence-electron chi connectivity index (χ3n) is 6.84. The Morgan fingerprint density at radius 1 is 0.943 bits per heavy atom. The van der Waals surface area contributed by atoms with Crippen LogP contribution in [0.2, 0.25) is 0 Å². The molecule has 9 heteroatoms. The van der Waals surface area contributed by atoms with Gasteiger partial charge in [0.2, 0.25) is 15.9 Å². The molecule has 2 aromatic carbocycles. The SMILES string of the molecule is O=C(CN1CCCC1c1ccc2c(c1)OCCO2)N1CCN(S(=O)(=O)C=Cc2ccccc2)CC1. The number of fused-ring (bicyclic) bond motifs is 1. The summed E-state index contributed by atoms with van der Waals surface area (Å²) in [5.74, 6) is 1.59. The molecule has 35 heavy (non-hydrogen) atoms. The van der Waals surface area contributed by atoms with E-state index in [0.717, 1.165) is 42.0 Å². The van der Waals surface area contributed by atoms with Gasteiger partial charge >= 0.3 is 0 Å². The number of hydrogen-bond donors (Lipinski definition) is 0. The van der Waals surface area contributed by atoms with Crippen molar-refractivity contribution < 1.29 is 22.7 Å². The smallest absolute Gasteiger partial charge is 0.236 e. The molecule has 2 fully saturated rings. The highest BCUT2D eigenvalue weighted by Crippen LogP contribution is 2.38. The minimum Gasteiger partial charge on any atom is -0.486 e. The first-order valence-electron chi connectivity index (χ1n) is 12.1. The Balaban J connectivity index is 1.16. The van der Waals surface area contributed by atoms with Gasteiger partial charge in [0.15, 0.2) is 11.5 Å². The predicted octanol–water partition coefficient (Wildman–Crippen LogP) is 2.74. The summed E-state index contributed by atoms with van der Waals surface area (Å²) in [7, 11) is -3.52. The average Bonchev–Trinajstić information content (AvgIpc) is 3.36. The number of amides is 1. The van der Waals surface area contributed by atoms with Crippen LogP contribution < -0.4 is 9.47 Å². The lowest BCUT2D eigenvalue weighted by atomic mass is 10.0. The fourth-order valence-electron chi connectivity index (χ4n) is 4.94. The first-order valence-corrected chi connectivity index (χ1v) is 13.6. The van der Waals surface area contributed by atoms with Gasteiger partial charge in [0.1, 0.15) is 13.2 Å². The van der Waals surface area contributed by atoms with Gasteiger partial charge in [0.25, 0.3) is 0 Å². The van der Waals surface area contributed by atoms with Crippen molar-refractivity contribution in [2.24, 2.45) is 0 Å². The van der Waals surface area contributed by atoms with E-state index in [1.165, 1.54) is 9.71 Å². The Kier molecular flexibility index (Phi) is 7.08. The highest BCUT2D eigenvalue weighted by Gasteiger charge is 2.32. The molecule has 3 heterocycles. The molecule has 0 aliphatic carbocycles. The molecular formula is C26H31N3O5S. The van der Waals surface area contributed by atoms with Crippen LogP contribution in [0.1, 0.15) is 30.0 Å². The summed E-state index contributed by atoms with van der Waals surface area (Å²) in [6, 6.07) is 15.6. The van der Waals surface area contributed by atoms with E-state index in [1.54, 1.807) is 11.0 Å². The predicted molar refractivity (Wildman–Crippen MR) is 134 cm³/mol. The lowest BCUT2D eigenvalue weighted by Gasteiger charge is -2.35. The van der Waals surface area contributed by atoms with Gasteiger partial charge in [-0.3, -0.25) is 9.69 Å². The number of carbonyl (C=O) groups excluding carboxylic acids is 1. The maximum absolute atomic E-state index is 13.1. The molecule has 0 bridgehead atoms. The number of piperazine rings is 1. The van der Waals surface area contributed by atoms with E-state index in [2.05, 4.69) is 11.0 Å². The molecular weight excluding hydrogens is 466 g/mol. The van der Waals surface area contributed by atoms with E-state index < -0.39 is 10.0 Å². The number of likely N-dealkylation sites (tertiary alicyclic amines) is 1. The molecule has 0 aromatic heterocycles. The average molecular weight is 498 g/mol. The number of carbonyl (C=O) groups is 1. The Hall–Kier alpha value is -2.88. The molecule has 0 radical (unpaired) electrons. The minimum atomic E-state index is -3.52. The van der Waals surface area contributed by atoms with Crippen LogP contribution in [0.25, 0.3) is 6.08 Å². The fraction of sp³-hybridized carbons (Fsp3) is 0.423. The highest BCUT2D eigenvalue weighted by molar-refractivity contribution is 7.92. The van der Waals surface area contributed by atoms with E-state index in [1.807, 2.05) is 42.5 Å². The second kappa shape index (κ2) is 10.4. The normalized spacial score (nSPS) is 21.5. The van der Waals surface area contributed by atoms with Crippen molar-refractivity contribution in [3.05, 3.63) is 65.1 Å².